The molecule has 1 saturated heterocycles. The molecule has 1 aliphatic heterocycles. The molecule has 0 aromatic heterocycles. The molecule has 1 fully saturated rings. The fraction of sp³-hybridized carbons (Fsp3) is 0.611. The lowest BCUT2D eigenvalue weighted by Crippen LogP contribution is -2.45. The first-order valence-corrected chi connectivity index (χ1v) is 8.28. The number of hydrogen-bond acceptors (Lipinski definition) is 3. The number of guanidine groups is 1. The van der Waals surface area contributed by atoms with Crippen molar-refractivity contribution in [3.8, 4) is 5.75 Å². The van der Waals surface area contributed by atoms with E-state index in [1.54, 1.807) is 14.2 Å². The SMILES string of the molecule is CN=C(NCCc1cc(C)ccc1OC)NCC1(C)CCCO1. The smallest absolute Gasteiger partial charge is 0.191 e. The number of benzene rings is 1. The van der Waals surface area contributed by atoms with Crippen LogP contribution in [0.4, 0.5) is 0 Å². The van der Waals surface area contributed by atoms with Crippen molar-refractivity contribution in [2.45, 2.75) is 38.7 Å². The lowest BCUT2D eigenvalue weighted by molar-refractivity contribution is 0.0243. The minimum absolute atomic E-state index is 0.0720. The summed E-state index contributed by atoms with van der Waals surface area (Å²) in [7, 11) is 3.50. The van der Waals surface area contributed by atoms with Crippen molar-refractivity contribution in [1.82, 2.24) is 10.6 Å². The molecule has 128 valence electrons. The second-order valence-corrected chi connectivity index (χ2v) is 6.32. The molecule has 1 heterocycles. The normalized spacial score (nSPS) is 21.3. The molecule has 1 atom stereocenters. The molecular formula is C18H29N3O2. The van der Waals surface area contributed by atoms with Crippen LogP contribution in [0.2, 0.25) is 0 Å². The van der Waals surface area contributed by atoms with Crippen LogP contribution in [0.5, 0.6) is 5.75 Å². The van der Waals surface area contributed by atoms with Crippen molar-refractivity contribution in [3.05, 3.63) is 29.3 Å². The number of methoxy groups -OCH3 is 1. The van der Waals surface area contributed by atoms with Crippen LogP contribution in [0.3, 0.4) is 0 Å². The van der Waals surface area contributed by atoms with Gasteiger partial charge in [-0.05, 0) is 44.7 Å². The Balaban J connectivity index is 1.81. The Morgan fingerprint density at radius 3 is 2.87 bits per heavy atom. The van der Waals surface area contributed by atoms with Gasteiger partial charge in [-0.1, -0.05) is 17.7 Å². The zero-order chi connectivity index (χ0) is 16.7. The molecule has 2 N–H and O–H groups in total. The summed E-state index contributed by atoms with van der Waals surface area (Å²) in [6.07, 6.45) is 3.12. The van der Waals surface area contributed by atoms with Gasteiger partial charge in [0.05, 0.1) is 12.7 Å². The van der Waals surface area contributed by atoms with E-state index in [2.05, 4.69) is 41.6 Å². The zero-order valence-corrected chi connectivity index (χ0v) is 14.7. The number of aryl methyl sites for hydroxylation is 1. The molecule has 0 spiro atoms. The predicted molar refractivity (Wildman–Crippen MR) is 94.4 cm³/mol. The fourth-order valence-electron chi connectivity index (χ4n) is 2.89. The van der Waals surface area contributed by atoms with E-state index in [1.165, 1.54) is 11.1 Å². The van der Waals surface area contributed by atoms with E-state index in [-0.39, 0.29) is 5.60 Å². The van der Waals surface area contributed by atoms with E-state index >= 15 is 0 Å². The quantitative estimate of drug-likeness (QED) is 0.624. The summed E-state index contributed by atoms with van der Waals surface area (Å²) < 4.78 is 11.2. The Morgan fingerprint density at radius 1 is 1.39 bits per heavy atom. The van der Waals surface area contributed by atoms with Crippen LogP contribution in [-0.2, 0) is 11.2 Å². The third-order valence-electron chi connectivity index (χ3n) is 4.28. The van der Waals surface area contributed by atoms with Crippen LogP contribution in [0.1, 0.15) is 30.9 Å². The predicted octanol–water partition coefficient (Wildman–Crippen LogP) is 2.28. The lowest BCUT2D eigenvalue weighted by Gasteiger charge is -2.24. The van der Waals surface area contributed by atoms with Gasteiger partial charge in [-0.25, -0.2) is 0 Å². The molecule has 5 nitrogen and oxygen atoms in total. The van der Waals surface area contributed by atoms with Crippen molar-refractivity contribution < 1.29 is 9.47 Å². The highest BCUT2D eigenvalue weighted by atomic mass is 16.5. The highest BCUT2D eigenvalue weighted by Gasteiger charge is 2.29. The van der Waals surface area contributed by atoms with E-state index in [0.717, 1.165) is 50.7 Å². The summed E-state index contributed by atoms with van der Waals surface area (Å²) in [6, 6.07) is 6.26. The summed E-state index contributed by atoms with van der Waals surface area (Å²) in [5.41, 5.74) is 2.38. The molecule has 23 heavy (non-hydrogen) atoms. The second kappa shape index (κ2) is 8.20. The number of nitrogens with zero attached hydrogens (tertiary/aromatic N) is 1. The molecule has 0 radical (unpaired) electrons. The molecule has 1 aromatic rings. The molecule has 0 saturated carbocycles. The third-order valence-corrected chi connectivity index (χ3v) is 4.28. The van der Waals surface area contributed by atoms with Gasteiger partial charge in [0.25, 0.3) is 0 Å². The highest BCUT2D eigenvalue weighted by Crippen LogP contribution is 2.23. The van der Waals surface area contributed by atoms with E-state index in [0.29, 0.717) is 0 Å². The van der Waals surface area contributed by atoms with Crippen LogP contribution < -0.4 is 15.4 Å². The van der Waals surface area contributed by atoms with Crippen LogP contribution in [0, 0.1) is 6.92 Å². The van der Waals surface area contributed by atoms with Gasteiger partial charge in [0.15, 0.2) is 5.96 Å². The molecule has 1 unspecified atom stereocenters. The molecule has 5 heteroatoms. The first-order valence-electron chi connectivity index (χ1n) is 8.28. The van der Waals surface area contributed by atoms with Gasteiger partial charge in [0.1, 0.15) is 5.75 Å². The fourth-order valence-corrected chi connectivity index (χ4v) is 2.89. The molecule has 0 aliphatic carbocycles. The first kappa shape index (κ1) is 17.6. The minimum atomic E-state index is -0.0720. The number of aliphatic imine (C=N–C) groups is 1. The summed E-state index contributed by atoms with van der Waals surface area (Å²) >= 11 is 0. The summed E-state index contributed by atoms with van der Waals surface area (Å²) in [4.78, 5) is 4.28. The minimum Gasteiger partial charge on any atom is -0.496 e. The van der Waals surface area contributed by atoms with Gasteiger partial charge >= 0.3 is 0 Å². The number of ether oxygens (including phenoxy) is 2. The maximum absolute atomic E-state index is 5.79. The average Bonchev–Trinajstić information content (AvgIpc) is 2.98. The van der Waals surface area contributed by atoms with Crippen LogP contribution in [-0.4, -0.2) is 45.4 Å². The van der Waals surface area contributed by atoms with Crippen molar-refractivity contribution in [1.29, 1.82) is 0 Å². The van der Waals surface area contributed by atoms with E-state index in [9.17, 15) is 0 Å². The van der Waals surface area contributed by atoms with Crippen molar-refractivity contribution in [3.63, 3.8) is 0 Å². The average molecular weight is 319 g/mol. The Kier molecular flexibility index (Phi) is 6.28. The molecule has 1 aliphatic rings. The van der Waals surface area contributed by atoms with Gasteiger partial charge in [-0.2, -0.15) is 0 Å². The maximum Gasteiger partial charge on any atom is 0.191 e. The largest absolute Gasteiger partial charge is 0.496 e. The Labute approximate surface area is 139 Å². The Hall–Kier alpha value is -1.75. The lowest BCUT2D eigenvalue weighted by atomic mass is 10.0. The van der Waals surface area contributed by atoms with E-state index in [1.807, 2.05) is 6.07 Å². The maximum atomic E-state index is 5.79. The van der Waals surface area contributed by atoms with Crippen molar-refractivity contribution >= 4 is 5.96 Å². The second-order valence-electron chi connectivity index (χ2n) is 6.32. The van der Waals surface area contributed by atoms with Crippen LogP contribution in [0.25, 0.3) is 0 Å². The number of nitrogens with one attached hydrogen (secondary N) is 2. The van der Waals surface area contributed by atoms with Gasteiger partial charge in [-0.15, -0.1) is 0 Å². The highest BCUT2D eigenvalue weighted by molar-refractivity contribution is 5.79. The Morgan fingerprint density at radius 2 is 2.22 bits per heavy atom. The van der Waals surface area contributed by atoms with E-state index in [4.69, 9.17) is 9.47 Å². The molecule has 0 amide bonds. The standard InChI is InChI=1S/C18H29N3O2/c1-14-6-7-16(22-4)15(12-14)8-10-20-17(19-3)21-13-18(2)9-5-11-23-18/h6-7,12H,5,8-11,13H2,1-4H3,(H2,19,20,21). The van der Waals surface area contributed by atoms with Crippen LogP contribution in [0.15, 0.2) is 23.2 Å². The third kappa shape index (κ3) is 5.13. The molecule has 1 aromatic carbocycles. The monoisotopic (exact) mass is 319 g/mol. The topological polar surface area (TPSA) is 54.9 Å². The van der Waals surface area contributed by atoms with Crippen LogP contribution >= 0.6 is 0 Å². The van der Waals surface area contributed by atoms with Gasteiger partial charge in [0, 0.05) is 26.7 Å². The van der Waals surface area contributed by atoms with Crippen molar-refractivity contribution in [2.75, 3.05) is 33.9 Å². The summed E-state index contributed by atoms with van der Waals surface area (Å²) in [5.74, 6) is 1.75. The molecular weight excluding hydrogens is 290 g/mol. The summed E-state index contributed by atoms with van der Waals surface area (Å²) in [5, 5.41) is 6.72. The summed E-state index contributed by atoms with van der Waals surface area (Å²) in [6.45, 7) is 6.69. The molecule has 0 bridgehead atoms. The number of hydrogen-bond donors (Lipinski definition) is 2. The molecule has 2 rings (SSSR count). The number of rotatable bonds is 6. The van der Waals surface area contributed by atoms with Gasteiger partial charge < -0.3 is 20.1 Å². The Bertz CT molecular complexity index is 537. The first-order chi connectivity index (χ1) is 11.1. The van der Waals surface area contributed by atoms with Gasteiger partial charge in [0.2, 0.25) is 0 Å². The zero-order valence-electron chi connectivity index (χ0n) is 14.7. The van der Waals surface area contributed by atoms with Crippen molar-refractivity contribution in [2.24, 2.45) is 4.99 Å². The van der Waals surface area contributed by atoms with E-state index < -0.39 is 0 Å². The van der Waals surface area contributed by atoms with Gasteiger partial charge in [-0.3, -0.25) is 4.99 Å².